The van der Waals surface area contributed by atoms with E-state index in [9.17, 15) is 14.0 Å². The molecule has 5 nitrogen and oxygen atoms in total. The summed E-state index contributed by atoms with van der Waals surface area (Å²) in [6.45, 7) is 1.79. The fraction of sp³-hybridized carbons (Fsp3) is 0.350. The van der Waals surface area contributed by atoms with Crippen molar-refractivity contribution in [3.8, 4) is 0 Å². The number of H-pyrrole nitrogens is 1. The van der Waals surface area contributed by atoms with Crippen molar-refractivity contribution in [3.05, 3.63) is 56.2 Å². The number of aryl methyl sites for hydroxylation is 4. The van der Waals surface area contributed by atoms with Crippen molar-refractivity contribution in [1.29, 1.82) is 0 Å². The molecule has 1 amide bonds. The van der Waals surface area contributed by atoms with Gasteiger partial charge in [0.05, 0.1) is 11.1 Å². The molecule has 0 bridgehead atoms. The molecule has 140 valence electrons. The number of aromatic amines is 1. The van der Waals surface area contributed by atoms with Gasteiger partial charge < -0.3 is 10.3 Å². The Hall–Kier alpha value is -2.54. The zero-order valence-corrected chi connectivity index (χ0v) is 15.8. The van der Waals surface area contributed by atoms with Gasteiger partial charge in [-0.05, 0) is 55.9 Å². The first-order valence-corrected chi connectivity index (χ1v) is 9.92. The lowest BCUT2D eigenvalue weighted by molar-refractivity contribution is -0.116. The van der Waals surface area contributed by atoms with E-state index >= 15 is 0 Å². The highest BCUT2D eigenvalue weighted by molar-refractivity contribution is 7.18. The monoisotopic (exact) mass is 385 g/mol. The van der Waals surface area contributed by atoms with Crippen LogP contribution in [0.2, 0.25) is 0 Å². The second-order valence-electron chi connectivity index (χ2n) is 6.94. The number of aromatic nitrogens is 2. The molecule has 0 atom stereocenters. The molecule has 0 saturated carbocycles. The number of carbonyl (C=O) groups is 1. The van der Waals surface area contributed by atoms with Gasteiger partial charge in [0.1, 0.15) is 16.5 Å². The summed E-state index contributed by atoms with van der Waals surface area (Å²) in [5, 5.41) is 3.28. The van der Waals surface area contributed by atoms with E-state index in [0.717, 1.165) is 41.6 Å². The second kappa shape index (κ2) is 7.23. The number of nitrogens with one attached hydrogen (secondary N) is 2. The van der Waals surface area contributed by atoms with Crippen molar-refractivity contribution < 1.29 is 9.18 Å². The van der Waals surface area contributed by atoms with Crippen molar-refractivity contribution in [2.75, 3.05) is 5.32 Å². The van der Waals surface area contributed by atoms with E-state index in [0.29, 0.717) is 17.6 Å². The molecule has 0 saturated heterocycles. The van der Waals surface area contributed by atoms with Crippen LogP contribution in [0.3, 0.4) is 0 Å². The lowest BCUT2D eigenvalue weighted by Gasteiger charge is -2.09. The van der Waals surface area contributed by atoms with Crippen molar-refractivity contribution in [2.45, 2.75) is 45.4 Å². The number of thiophene rings is 1. The first kappa shape index (κ1) is 17.9. The van der Waals surface area contributed by atoms with Gasteiger partial charge in [0, 0.05) is 17.7 Å². The summed E-state index contributed by atoms with van der Waals surface area (Å²) >= 11 is 1.59. The minimum atomic E-state index is -0.458. The molecule has 2 N–H and O–H groups in total. The quantitative estimate of drug-likeness (QED) is 0.716. The van der Waals surface area contributed by atoms with Crippen LogP contribution in [0.4, 0.5) is 10.1 Å². The first-order chi connectivity index (χ1) is 13.0. The van der Waals surface area contributed by atoms with Crippen molar-refractivity contribution in [2.24, 2.45) is 0 Å². The van der Waals surface area contributed by atoms with Crippen molar-refractivity contribution in [1.82, 2.24) is 9.97 Å². The van der Waals surface area contributed by atoms with Crippen molar-refractivity contribution >= 4 is 33.1 Å². The molecule has 1 aromatic carbocycles. The summed E-state index contributed by atoms with van der Waals surface area (Å²) in [5.41, 5.74) is 1.97. The van der Waals surface area contributed by atoms with Gasteiger partial charge in [-0.15, -0.1) is 11.3 Å². The largest absolute Gasteiger partial charge is 0.324 e. The highest BCUT2D eigenvalue weighted by atomic mass is 32.1. The van der Waals surface area contributed by atoms with Crippen LogP contribution < -0.4 is 10.9 Å². The molecule has 7 heteroatoms. The molecule has 0 unspecified atom stereocenters. The zero-order valence-electron chi connectivity index (χ0n) is 15.0. The molecule has 0 aliphatic heterocycles. The molecule has 0 spiro atoms. The van der Waals surface area contributed by atoms with Gasteiger partial charge in [-0.3, -0.25) is 9.59 Å². The van der Waals surface area contributed by atoms with Gasteiger partial charge in [-0.2, -0.15) is 0 Å². The van der Waals surface area contributed by atoms with Gasteiger partial charge in [-0.25, -0.2) is 9.37 Å². The minimum absolute atomic E-state index is 0.118. The number of hydrogen-bond acceptors (Lipinski definition) is 4. The molecule has 27 heavy (non-hydrogen) atoms. The third-order valence-electron chi connectivity index (χ3n) is 4.86. The fourth-order valence-corrected chi connectivity index (χ4v) is 4.77. The van der Waals surface area contributed by atoms with Gasteiger partial charge in [0.15, 0.2) is 0 Å². The van der Waals surface area contributed by atoms with Crippen LogP contribution in [0.25, 0.3) is 10.2 Å². The standard InChI is InChI=1S/C20H20FN3O2S/c1-11-6-7-14(13(21)10-11)22-17(25)9-8-16-23-19(26)18-12-4-2-3-5-15(12)27-20(18)24-16/h6-7,10H,2-5,8-9H2,1H3,(H,22,25)(H,23,24,26). The Morgan fingerprint density at radius 3 is 2.96 bits per heavy atom. The fourth-order valence-electron chi connectivity index (χ4n) is 3.49. The van der Waals surface area contributed by atoms with Crippen LogP contribution in [0.15, 0.2) is 23.0 Å². The number of nitrogens with zero attached hydrogens (tertiary/aromatic N) is 1. The number of carbonyl (C=O) groups excluding carboxylic acids is 1. The summed E-state index contributed by atoms with van der Waals surface area (Å²) in [6.07, 6.45) is 4.62. The molecule has 4 rings (SSSR count). The number of amides is 1. The molecule has 2 heterocycles. The van der Waals surface area contributed by atoms with Crippen LogP contribution in [0, 0.1) is 12.7 Å². The van der Waals surface area contributed by atoms with Crippen molar-refractivity contribution in [3.63, 3.8) is 0 Å². The lowest BCUT2D eigenvalue weighted by Crippen LogP contribution is -2.17. The highest BCUT2D eigenvalue weighted by Crippen LogP contribution is 2.33. The Labute approximate surface area is 159 Å². The maximum absolute atomic E-state index is 13.8. The number of hydrogen-bond donors (Lipinski definition) is 2. The number of rotatable bonds is 4. The zero-order chi connectivity index (χ0) is 19.0. The average Bonchev–Trinajstić information content (AvgIpc) is 3.01. The van der Waals surface area contributed by atoms with Gasteiger partial charge in [0.2, 0.25) is 5.91 Å². The smallest absolute Gasteiger partial charge is 0.259 e. The third kappa shape index (κ3) is 3.64. The van der Waals surface area contributed by atoms with E-state index in [1.807, 2.05) is 0 Å². The van der Waals surface area contributed by atoms with Crippen LogP contribution in [0.1, 0.15) is 41.1 Å². The van der Waals surface area contributed by atoms with Crippen LogP contribution in [0.5, 0.6) is 0 Å². The number of halogens is 1. The highest BCUT2D eigenvalue weighted by Gasteiger charge is 2.20. The second-order valence-corrected chi connectivity index (χ2v) is 8.02. The van der Waals surface area contributed by atoms with E-state index in [-0.39, 0.29) is 23.6 Å². The normalized spacial score (nSPS) is 13.6. The topological polar surface area (TPSA) is 74.8 Å². The molecule has 1 aliphatic rings. The summed E-state index contributed by atoms with van der Waals surface area (Å²) < 4.78 is 13.8. The van der Waals surface area contributed by atoms with Crippen LogP contribution in [-0.2, 0) is 24.1 Å². The van der Waals surface area contributed by atoms with E-state index < -0.39 is 5.82 Å². The molecule has 3 aromatic rings. The van der Waals surface area contributed by atoms with E-state index in [1.165, 1.54) is 10.9 Å². The summed E-state index contributed by atoms with van der Waals surface area (Å²) in [5.74, 6) is -0.280. The van der Waals surface area contributed by atoms with Crippen LogP contribution in [-0.4, -0.2) is 15.9 Å². The molecule has 0 radical (unpaired) electrons. The van der Waals surface area contributed by atoms with E-state index in [1.54, 1.807) is 30.4 Å². The van der Waals surface area contributed by atoms with E-state index in [4.69, 9.17) is 0 Å². The van der Waals surface area contributed by atoms with Gasteiger partial charge >= 0.3 is 0 Å². The predicted octanol–water partition coefficient (Wildman–Crippen LogP) is 3.88. The Kier molecular flexibility index (Phi) is 4.78. The summed E-state index contributed by atoms with van der Waals surface area (Å²) in [4.78, 5) is 34.0. The average molecular weight is 385 g/mol. The molecule has 0 fully saturated rings. The number of anilines is 1. The Balaban J connectivity index is 1.48. The number of benzene rings is 1. The lowest BCUT2D eigenvalue weighted by atomic mass is 9.97. The Bertz CT molecular complexity index is 1090. The maximum Gasteiger partial charge on any atom is 0.259 e. The maximum atomic E-state index is 13.8. The van der Waals surface area contributed by atoms with Gasteiger partial charge in [-0.1, -0.05) is 6.07 Å². The molecular formula is C20H20FN3O2S. The SMILES string of the molecule is Cc1ccc(NC(=O)CCc2nc3sc4c(c3c(=O)[nH]2)CCCC4)c(F)c1. The van der Waals surface area contributed by atoms with E-state index in [2.05, 4.69) is 15.3 Å². The number of fused-ring (bicyclic) bond motifs is 3. The summed E-state index contributed by atoms with van der Waals surface area (Å²) in [7, 11) is 0. The Morgan fingerprint density at radius 1 is 1.33 bits per heavy atom. The molecule has 1 aliphatic carbocycles. The predicted molar refractivity (Wildman–Crippen MR) is 105 cm³/mol. The molecular weight excluding hydrogens is 365 g/mol. The minimum Gasteiger partial charge on any atom is -0.324 e. The molecule has 2 aromatic heterocycles. The first-order valence-electron chi connectivity index (χ1n) is 9.10. The third-order valence-corrected chi connectivity index (χ3v) is 6.05. The summed E-state index contributed by atoms with van der Waals surface area (Å²) in [6, 6.07) is 4.66. The van der Waals surface area contributed by atoms with Gasteiger partial charge in [0.25, 0.3) is 5.56 Å². The Morgan fingerprint density at radius 2 is 2.15 bits per heavy atom. The van der Waals surface area contributed by atoms with Crippen LogP contribution >= 0.6 is 11.3 Å².